The topological polar surface area (TPSA) is 137 Å². The highest BCUT2D eigenvalue weighted by atomic mass is 79.9. The molecule has 0 saturated carbocycles. The predicted octanol–water partition coefficient (Wildman–Crippen LogP) is 5.85. The number of rotatable bonds is 9. The first-order chi connectivity index (χ1) is 20.6. The lowest BCUT2D eigenvalue weighted by Gasteiger charge is -2.44. The fourth-order valence-corrected chi connectivity index (χ4v) is 5.64. The number of nitro groups is 1. The minimum Gasteiger partial charge on any atom is -0.460 e. The number of non-ortho nitro benzene ring substituents is 1. The van der Waals surface area contributed by atoms with Crippen molar-refractivity contribution in [2.24, 2.45) is 5.73 Å². The van der Waals surface area contributed by atoms with Gasteiger partial charge in [-0.1, -0.05) is 72.8 Å². The highest BCUT2D eigenvalue weighted by Gasteiger charge is 2.42. The molecule has 0 bridgehead atoms. The molecular weight excluding hydrogens is 708 g/mol. The van der Waals surface area contributed by atoms with Gasteiger partial charge < -0.3 is 20.5 Å². The summed E-state index contributed by atoms with van der Waals surface area (Å²) in [5.74, 6) is -2.37. The van der Waals surface area contributed by atoms with Crippen LogP contribution < -0.4 is 11.1 Å². The van der Waals surface area contributed by atoms with E-state index in [4.69, 9.17) is 15.2 Å². The Morgan fingerprint density at radius 2 is 1.49 bits per heavy atom. The molecule has 3 aromatic carbocycles. The molecule has 2 aliphatic rings. The van der Waals surface area contributed by atoms with Crippen LogP contribution in [-0.4, -0.2) is 47.1 Å². The van der Waals surface area contributed by atoms with Crippen LogP contribution >= 0.6 is 34.0 Å². The molecule has 3 N–H and O–H groups in total. The first kappa shape index (κ1) is 35.5. The van der Waals surface area contributed by atoms with E-state index in [1.807, 2.05) is 36.4 Å². The van der Waals surface area contributed by atoms with Gasteiger partial charge in [0.2, 0.25) is 0 Å². The van der Waals surface area contributed by atoms with Crippen LogP contribution in [0.25, 0.3) is 0 Å². The van der Waals surface area contributed by atoms with Crippen molar-refractivity contribution in [3.05, 3.63) is 134 Å². The van der Waals surface area contributed by atoms with E-state index in [1.165, 1.54) is 18.2 Å². The van der Waals surface area contributed by atoms with Crippen molar-refractivity contribution in [2.45, 2.75) is 44.9 Å². The van der Waals surface area contributed by atoms with Gasteiger partial charge in [-0.3, -0.25) is 15.0 Å². The van der Waals surface area contributed by atoms with Gasteiger partial charge in [-0.15, -0.1) is 34.0 Å². The average molecular weight is 744 g/mol. The van der Waals surface area contributed by atoms with Crippen molar-refractivity contribution in [2.75, 3.05) is 13.1 Å². The number of nitrogens with two attached hydrogens (primary N) is 1. The highest BCUT2D eigenvalue weighted by Crippen LogP contribution is 2.40. The Morgan fingerprint density at radius 3 is 2.02 bits per heavy atom. The van der Waals surface area contributed by atoms with E-state index < -0.39 is 35.0 Å². The van der Waals surface area contributed by atoms with E-state index in [0.717, 1.165) is 11.1 Å². The smallest absolute Gasteiger partial charge is 0.339 e. The maximum absolute atomic E-state index is 13.8. The molecule has 1 saturated heterocycles. The molecule has 0 aromatic heterocycles. The number of nitrogens with one attached hydrogen (secondary N) is 1. The van der Waals surface area contributed by atoms with Gasteiger partial charge in [0, 0.05) is 30.9 Å². The van der Waals surface area contributed by atoms with E-state index in [2.05, 4.69) is 34.5 Å². The maximum Gasteiger partial charge on any atom is 0.339 e. The molecule has 3 aromatic rings. The van der Waals surface area contributed by atoms with Crippen molar-refractivity contribution in [1.29, 1.82) is 0 Å². The molecule has 0 amide bonds. The summed E-state index contributed by atoms with van der Waals surface area (Å²) in [7, 11) is 0. The quantitative estimate of drug-likeness (QED) is 0.157. The van der Waals surface area contributed by atoms with Crippen LogP contribution in [0.5, 0.6) is 0 Å². The molecule has 1 fully saturated rings. The molecule has 1 atom stereocenters. The third-order valence-corrected chi connectivity index (χ3v) is 7.54. The number of hydrogen-bond donors (Lipinski definition) is 2. The van der Waals surface area contributed by atoms with Crippen molar-refractivity contribution in [1.82, 2.24) is 10.2 Å². The van der Waals surface area contributed by atoms with Crippen molar-refractivity contribution < 1.29 is 24.0 Å². The van der Waals surface area contributed by atoms with Gasteiger partial charge in [0.05, 0.1) is 34.1 Å². The van der Waals surface area contributed by atoms with Gasteiger partial charge >= 0.3 is 11.9 Å². The van der Waals surface area contributed by atoms with Gasteiger partial charge in [0.25, 0.3) is 5.69 Å². The number of carbonyl (C=O) groups is 2. The summed E-state index contributed by atoms with van der Waals surface area (Å²) in [4.78, 5) is 40.4. The van der Waals surface area contributed by atoms with Gasteiger partial charge in [-0.2, -0.15) is 0 Å². The first-order valence-electron chi connectivity index (χ1n) is 14.1. The lowest BCUT2D eigenvalue weighted by molar-refractivity contribution is -0.384. The van der Waals surface area contributed by atoms with Crippen molar-refractivity contribution >= 4 is 51.6 Å². The van der Waals surface area contributed by atoms with Crippen LogP contribution in [0.4, 0.5) is 5.69 Å². The Labute approximate surface area is 283 Å². The van der Waals surface area contributed by atoms with Crippen LogP contribution in [0.2, 0.25) is 0 Å². The largest absolute Gasteiger partial charge is 0.460 e. The highest BCUT2D eigenvalue weighted by molar-refractivity contribution is 8.93. The van der Waals surface area contributed by atoms with Crippen LogP contribution in [0.1, 0.15) is 49.4 Å². The zero-order valence-electron chi connectivity index (χ0n) is 25.0. The third-order valence-electron chi connectivity index (χ3n) is 7.54. The fourth-order valence-electron chi connectivity index (χ4n) is 5.64. The zero-order chi connectivity index (χ0) is 30.7. The SMILES string of the molecule is Br.Br.CC1=C(C(=O)OC(C)C)[C@@H](c2cccc([N+](=O)[O-])c2)C(C(=O)OC2CN(C(c3ccccc3)c3ccccc3)C2)=C(N)N1. The minimum atomic E-state index is -1.03. The van der Waals surface area contributed by atoms with Gasteiger partial charge in [-0.25, -0.2) is 9.59 Å². The van der Waals surface area contributed by atoms with Gasteiger partial charge in [0.15, 0.2) is 0 Å². The average Bonchev–Trinajstić information content (AvgIpc) is 2.96. The summed E-state index contributed by atoms with van der Waals surface area (Å²) in [5.41, 5.74) is 9.31. The zero-order valence-corrected chi connectivity index (χ0v) is 28.5. The summed E-state index contributed by atoms with van der Waals surface area (Å²) >= 11 is 0. The summed E-state index contributed by atoms with van der Waals surface area (Å²) in [6.07, 6.45) is -0.855. The number of dihydropyridines is 1. The number of nitro benzene ring substituents is 1. The molecule has 0 radical (unpaired) electrons. The number of esters is 2. The normalized spacial score (nSPS) is 16.7. The lowest BCUT2D eigenvalue weighted by atomic mass is 9.81. The van der Waals surface area contributed by atoms with E-state index in [-0.39, 0.29) is 62.7 Å². The predicted molar refractivity (Wildman–Crippen MR) is 181 cm³/mol. The second-order valence-corrected chi connectivity index (χ2v) is 10.9. The van der Waals surface area contributed by atoms with Crippen molar-refractivity contribution in [3.63, 3.8) is 0 Å². The van der Waals surface area contributed by atoms with Gasteiger partial charge in [0.1, 0.15) is 11.9 Å². The maximum atomic E-state index is 13.8. The van der Waals surface area contributed by atoms with Gasteiger partial charge in [-0.05, 0) is 37.5 Å². The molecular formula is C33H36Br2N4O6. The molecule has 0 spiro atoms. The Kier molecular flexibility index (Phi) is 12.1. The molecule has 2 aliphatic heterocycles. The van der Waals surface area contributed by atoms with E-state index >= 15 is 0 Å². The number of carbonyl (C=O) groups excluding carboxylic acids is 2. The number of nitrogens with zero attached hydrogens (tertiary/aromatic N) is 2. The number of likely N-dealkylation sites (tertiary alicyclic amines) is 1. The molecule has 0 aliphatic carbocycles. The number of allylic oxidation sites excluding steroid dienone is 1. The van der Waals surface area contributed by atoms with Crippen LogP contribution in [0.15, 0.2) is 108 Å². The molecule has 238 valence electrons. The molecule has 45 heavy (non-hydrogen) atoms. The molecule has 2 heterocycles. The Morgan fingerprint density at radius 1 is 0.911 bits per heavy atom. The standard InChI is InChI=1S/C33H34N4O6.2BrH/c1-20(2)42-32(38)27-21(3)35-31(34)29(28(27)24-15-10-16-25(17-24)37(40)41)33(39)43-26-18-36(19-26)30(22-11-6-4-7-12-22)23-13-8-5-9-14-23;;/h4-17,20,26,28,30,35H,18-19,34H2,1-3H3;2*1H/t28-;;/m1../s1. The second kappa shape index (κ2) is 15.3. The van der Waals surface area contributed by atoms with Crippen LogP contribution in [0, 0.1) is 10.1 Å². The monoisotopic (exact) mass is 742 g/mol. The Bertz CT molecular complexity index is 1550. The number of ether oxygens (including phenoxy) is 2. The number of hydrogen-bond acceptors (Lipinski definition) is 9. The van der Waals surface area contributed by atoms with E-state index in [0.29, 0.717) is 24.4 Å². The summed E-state index contributed by atoms with van der Waals surface area (Å²) in [6, 6.07) is 26.0. The van der Waals surface area contributed by atoms with Crippen LogP contribution in [0.3, 0.4) is 0 Å². The van der Waals surface area contributed by atoms with Crippen molar-refractivity contribution in [3.8, 4) is 0 Å². The third kappa shape index (κ3) is 7.81. The van der Waals surface area contributed by atoms with E-state index in [9.17, 15) is 19.7 Å². The summed E-state index contributed by atoms with van der Waals surface area (Å²) in [6.45, 7) is 6.05. The van der Waals surface area contributed by atoms with Crippen LogP contribution in [-0.2, 0) is 19.1 Å². The lowest BCUT2D eigenvalue weighted by Crippen LogP contribution is -2.54. The Balaban J connectivity index is 0.00000276. The molecule has 10 nitrogen and oxygen atoms in total. The van der Waals surface area contributed by atoms with E-state index in [1.54, 1.807) is 26.8 Å². The number of benzene rings is 3. The molecule has 12 heteroatoms. The minimum absolute atomic E-state index is 0. The second-order valence-electron chi connectivity index (χ2n) is 10.9. The first-order valence-corrected chi connectivity index (χ1v) is 14.1. The Hall–Kier alpha value is -4.00. The summed E-state index contributed by atoms with van der Waals surface area (Å²) < 4.78 is 11.5. The fraction of sp³-hybridized carbons (Fsp3) is 0.273. The molecule has 5 rings (SSSR count). The molecule has 0 unspecified atom stereocenters. The summed E-state index contributed by atoms with van der Waals surface area (Å²) in [5, 5.41) is 14.5. The number of halogens is 2.